The first-order valence-electron chi connectivity index (χ1n) is 7.17. The van der Waals surface area contributed by atoms with Crippen molar-refractivity contribution in [2.24, 2.45) is 0 Å². The highest BCUT2D eigenvalue weighted by Crippen LogP contribution is 2.40. The van der Waals surface area contributed by atoms with Crippen molar-refractivity contribution in [2.45, 2.75) is 12.6 Å². The van der Waals surface area contributed by atoms with Gasteiger partial charge in [0.05, 0.1) is 5.56 Å². The van der Waals surface area contributed by atoms with Crippen LogP contribution in [0.2, 0.25) is 0 Å². The summed E-state index contributed by atoms with van der Waals surface area (Å²) in [4.78, 5) is 23.1. The van der Waals surface area contributed by atoms with Crippen LogP contribution in [-0.2, 0) is 12.6 Å². The lowest BCUT2D eigenvalue weighted by molar-refractivity contribution is -0.138. The zero-order valence-electron chi connectivity index (χ0n) is 12.2. The summed E-state index contributed by atoms with van der Waals surface area (Å²) in [5.41, 5.74) is 0.398. The predicted molar refractivity (Wildman–Crippen MR) is 84.2 cm³/mol. The van der Waals surface area contributed by atoms with Gasteiger partial charge in [-0.15, -0.1) is 0 Å². The molecule has 0 aliphatic carbocycles. The Morgan fingerprint density at radius 1 is 1.21 bits per heavy atom. The lowest BCUT2D eigenvalue weighted by Crippen LogP contribution is -2.28. The third kappa shape index (κ3) is 2.34. The lowest BCUT2D eigenvalue weighted by Gasteiger charge is -2.17. The Bertz CT molecular complexity index is 918. The number of carbonyl (C=O) groups is 1. The molecule has 0 unspecified atom stereocenters. The first kappa shape index (κ1) is 15.1. The van der Waals surface area contributed by atoms with Crippen LogP contribution in [0.25, 0.3) is 10.3 Å². The van der Waals surface area contributed by atoms with Gasteiger partial charge in [0.2, 0.25) is 0 Å². The van der Waals surface area contributed by atoms with Crippen molar-refractivity contribution in [1.29, 1.82) is 0 Å². The van der Waals surface area contributed by atoms with Crippen LogP contribution in [0.1, 0.15) is 20.9 Å². The van der Waals surface area contributed by atoms with Gasteiger partial charge >= 0.3 is 6.18 Å². The SMILES string of the molecule is O=C(c1nc2cccnc2s1)N1CCc2c1cccc2C(F)(F)F. The Balaban J connectivity index is 1.74. The molecule has 1 aliphatic rings. The number of benzene rings is 1. The maximum atomic E-state index is 13.1. The smallest absolute Gasteiger partial charge is 0.306 e. The van der Waals surface area contributed by atoms with Gasteiger partial charge in [-0.05, 0) is 36.2 Å². The Labute approximate surface area is 138 Å². The molecule has 8 heteroatoms. The molecule has 0 radical (unpaired) electrons. The van der Waals surface area contributed by atoms with E-state index in [2.05, 4.69) is 9.97 Å². The number of nitrogens with zero attached hydrogens (tertiary/aromatic N) is 3. The molecule has 0 atom stereocenters. The molecule has 0 bridgehead atoms. The van der Waals surface area contributed by atoms with Gasteiger partial charge in [-0.1, -0.05) is 17.4 Å². The fourth-order valence-electron chi connectivity index (χ4n) is 2.89. The molecule has 0 fully saturated rings. The molecule has 0 saturated carbocycles. The second-order valence-corrected chi connectivity index (χ2v) is 6.33. The summed E-state index contributed by atoms with van der Waals surface area (Å²) in [6, 6.07) is 7.38. The van der Waals surface area contributed by atoms with Crippen LogP contribution in [0.4, 0.5) is 18.9 Å². The number of rotatable bonds is 1. The minimum absolute atomic E-state index is 0.164. The molecule has 24 heavy (non-hydrogen) atoms. The quantitative estimate of drug-likeness (QED) is 0.669. The van der Waals surface area contributed by atoms with E-state index < -0.39 is 17.6 Å². The minimum atomic E-state index is -4.43. The van der Waals surface area contributed by atoms with E-state index in [9.17, 15) is 18.0 Å². The van der Waals surface area contributed by atoms with Gasteiger partial charge in [0.15, 0.2) is 5.01 Å². The number of aromatic nitrogens is 2. The molecule has 1 aliphatic heterocycles. The van der Waals surface area contributed by atoms with Gasteiger partial charge < -0.3 is 4.90 Å². The molecule has 0 spiro atoms. The number of hydrogen-bond donors (Lipinski definition) is 0. The van der Waals surface area contributed by atoms with Gasteiger partial charge in [-0.2, -0.15) is 13.2 Å². The second kappa shape index (κ2) is 5.27. The number of alkyl halides is 3. The van der Waals surface area contributed by atoms with Gasteiger partial charge in [-0.3, -0.25) is 4.79 Å². The number of halogens is 3. The number of hydrogen-bond acceptors (Lipinski definition) is 4. The van der Waals surface area contributed by atoms with Crippen LogP contribution in [0, 0.1) is 0 Å². The number of anilines is 1. The molecular weight excluding hydrogens is 339 g/mol. The number of fused-ring (bicyclic) bond motifs is 2. The maximum absolute atomic E-state index is 13.1. The fourth-order valence-corrected chi connectivity index (χ4v) is 3.74. The molecule has 0 saturated heterocycles. The van der Waals surface area contributed by atoms with Crippen LogP contribution < -0.4 is 4.90 Å². The van der Waals surface area contributed by atoms with Crippen LogP contribution >= 0.6 is 11.3 Å². The molecular formula is C16H10F3N3OS. The fraction of sp³-hybridized carbons (Fsp3) is 0.188. The van der Waals surface area contributed by atoms with E-state index in [4.69, 9.17) is 0 Å². The summed E-state index contributed by atoms with van der Waals surface area (Å²) in [5.74, 6) is -0.393. The first-order chi connectivity index (χ1) is 11.4. The zero-order chi connectivity index (χ0) is 16.9. The average molecular weight is 349 g/mol. The second-order valence-electron chi connectivity index (χ2n) is 5.35. The summed E-state index contributed by atoms with van der Waals surface area (Å²) >= 11 is 1.14. The number of carbonyl (C=O) groups excluding carboxylic acids is 1. The molecule has 3 heterocycles. The van der Waals surface area contributed by atoms with Crippen LogP contribution in [0.5, 0.6) is 0 Å². The van der Waals surface area contributed by atoms with E-state index in [-0.39, 0.29) is 23.5 Å². The monoisotopic (exact) mass is 349 g/mol. The standard InChI is InChI=1S/C16H10F3N3OS/c17-16(18,19)10-3-1-5-12-9(10)6-8-22(12)15(23)14-21-11-4-2-7-20-13(11)24-14/h1-5,7H,6,8H2. The summed E-state index contributed by atoms with van der Waals surface area (Å²) in [5, 5.41) is 0.231. The van der Waals surface area contributed by atoms with E-state index >= 15 is 0 Å². The molecule has 2 aromatic heterocycles. The maximum Gasteiger partial charge on any atom is 0.416 e. The largest absolute Gasteiger partial charge is 0.416 e. The van der Waals surface area contributed by atoms with E-state index in [1.54, 1.807) is 24.4 Å². The van der Waals surface area contributed by atoms with Crippen molar-refractivity contribution in [3.8, 4) is 0 Å². The van der Waals surface area contributed by atoms with E-state index in [0.717, 1.165) is 17.4 Å². The predicted octanol–water partition coefficient (Wildman–Crippen LogP) is 3.91. The minimum Gasteiger partial charge on any atom is -0.306 e. The van der Waals surface area contributed by atoms with Crippen molar-refractivity contribution in [2.75, 3.05) is 11.4 Å². The highest BCUT2D eigenvalue weighted by Gasteiger charge is 2.38. The molecule has 4 nitrogen and oxygen atoms in total. The molecule has 3 aromatic rings. The van der Waals surface area contributed by atoms with Crippen LogP contribution in [0.15, 0.2) is 36.5 Å². The van der Waals surface area contributed by atoms with Crippen molar-refractivity contribution in [3.63, 3.8) is 0 Å². The molecule has 0 N–H and O–H groups in total. The number of pyridine rings is 1. The van der Waals surface area contributed by atoms with E-state index in [0.29, 0.717) is 16.0 Å². The first-order valence-corrected chi connectivity index (χ1v) is 7.99. The van der Waals surface area contributed by atoms with E-state index in [1.807, 2.05) is 0 Å². The summed E-state index contributed by atoms with van der Waals surface area (Å²) in [6.07, 6.45) is -2.64. The van der Waals surface area contributed by atoms with Crippen molar-refractivity contribution < 1.29 is 18.0 Å². The summed E-state index contributed by atoms with van der Waals surface area (Å²) in [6.45, 7) is 0.213. The molecule has 1 aromatic carbocycles. The normalized spacial score (nSPS) is 14.2. The Morgan fingerprint density at radius 3 is 2.79 bits per heavy atom. The van der Waals surface area contributed by atoms with Gasteiger partial charge in [0.1, 0.15) is 10.3 Å². The average Bonchev–Trinajstić information content (AvgIpc) is 3.16. The lowest BCUT2D eigenvalue weighted by atomic mass is 10.0. The molecule has 1 amide bonds. The highest BCUT2D eigenvalue weighted by atomic mass is 32.1. The zero-order valence-corrected chi connectivity index (χ0v) is 13.0. The van der Waals surface area contributed by atoms with Crippen LogP contribution in [-0.4, -0.2) is 22.4 Å². The molecule has 4 rings (SSSR count). The molecule has 122 valence electrons. The highest BCUT2D eigenvalue weighted by molar-refractivity contribution is 7.20. The van der Waals surface area contributed by atoms with Crippen LogP contribution in [0.3, 0.4) is 0 Å². The third-order valence-corrected chi connectivity index (χ3v) is 4.89. The Morgan fingerprint density at radius 2 is 2.04 bits per heavy atom. The van der Waals surface area contributed by atoms with E-state index in [1.165, 1.54) is 11.0 Å². The number of amides is 1. The van der Waals surface area contributed by atoms with Gasteiger partial charge in [0.25, 0.3) is 5.91 Å². The Kier molecular flexibility index (Phi) is 3.31. The topological polar surface area (TPSA) is 46.1 Å². The van der Waals surface area contributed by atoms with Gasteiger partial charge in [0, 0.05) is 18.4 Å². The Hall–Kier alpha value is -2.48. The summed E-state index contributed by atoms with van der Waals surface area (Å²) < 4.78 is 39.3. The summed E-state index contributed by atoms with van der Waals surface area (Å²) in [7, 11) is 0. The van der Waals surface area contributed by atoms with Crippen molar-refractivity contribution >= 4 is 33.3 Å². The van der Waals surface area contributed by atoms with Gasteiger partial charge in [-0.25, -0.2) is 9.97 Å². The number of thiazole rings is 1. The van der Waals surface area contributed by atoms with Crippen molar-refractivity contribution in [3.05, 3.63) is 52.7 Å². The third-order valence-electron chi connectivity index (χ3n) is 3.93. The van der Waals surface area contributed by atoms with Crippen molar-refractivity contribution in [1.82, 2.24) is 9.97 Å².